The van der Waals surface area contributed by atoms with Crippen LogP contribution in [0.25, 0.3) is 0 Å². The van der Waals surface area contributed by atoms with Crippen LogP contribution in [0, 0.1) is 0 Å². The summed E-state index contributed by atoms with van der Waals surface area (Å²) < 4.78 is 0. The van der Waals surface area contributed by atoms with Crippen molar-refractivity contribution in [1.82, 2.24) is 9.80 Å². The number of likely N-dealkylation sites (tertiary alicyclic amines) is 1. The summed E-state index contributed by atoms with van der Waals surface area (Å²) in [7, 11) is 0. The second kappa shape index (κ2) is 5.39. The summed E-state index contributed by atoms with van der Waals surface area (Å²) in [6.07, 6.45) is 2.33. The zero-order valence-corrected chi connectivity index (χ0v) is 11.0. The van der Waals surface area contributed by atoms with Gasteiger partial charge in [0.1, 0.15) is 0 Å². The molecule has 3 nitrogen and oxygen atoms in total. The van der Waals surface area contributed by atoms with Crippen LogP contribution in [0.1, 0.15) is 24.0 Å². The second-order valence-electron chi connectivity index (χ2n) is 5.66. The van der Waals surface area contributed by atoms with Gasteiger partial charge in [0, 0.05) is 32.2 Å². The van der Waals surface area contributed by atoms with Crippen molar-refractivity contribution in [3.8, 4) is 0 Å². The number of rotatable bonds is 3. The first kappa shape index (κ1) is 12.2. The number of hydrogen-bond acceptors (Lipinski definition) is 3. The summed E-state index contributed by atoms with van der Waals surface area (Å²) in [5, 5.41) is 0. The van der Waals surface area contributed by atoms with Crippen LogP contribution in [0.2, 0.25) is 0 Å². The zero-order chi connectivity index (χ0) is 12.4. The molecule has 1 fully saturated rings. The van der Waals surface area contributed by atoms with Crippen LogP contribution in [0.4, 0.5) is 0 Å². The SMILES string of the molecule is NC1CCN(CCN2Cc3ccccc3C2)CC1. The molecule has 2 heterocycles. The molecule has 3 rings (SSSR count). The van der Waals surface area contributed by atoms with E-state index in [1.165, 1.54) is 50.1 Å². The molecular weight excluding hydrogens is 222 g/mol. The highest BCUT2D eigenvalue weighted by Crippen LogP contribution is 2.21. The fourth-order valence-corrected chi connectivity index (χ4v) is 3.02. The van der Waals surface area contributed by atoms with E-state index in [0.29, 0.717) is 6.04 Å². The third-order valence-corrected chi connectivity index (χ3v) is 4.27. The molecule has 0 radical (unpaired) electrons. The van der Waals surface area contributed by atoms with Gasteiger partial charge in [-0.2, -0.15) is 0 Å². The van der Waals surface area contributed by atoms with Gasteiger partial charge in [0.25, 0.3) is 0 Å². The lowest BCUT2D eigenvalue weighted by atomic mass is 10.1. The van der Waals surface area contributed by atoms with Crippen molar-refractivity contribution < 1.29 is 0 Å². The molecule has 1 aromatic carbocycles. The lowest BCUT2D eigenvalue weighted by Crippen LogP contribution is -2.42. The molecule has 0 amide bonds. The summed E-state index contributed by atoms with van der Waals surface area (Å²) in [6, 6.07) is 9.25. The molecule has 0 aromatic heterocycles. The van der Waals surface area contributed by atoms with Crippen molar-refractivity contribution in [2.45, 2.75) is 32.0 Å². The van der Waals surface area contributed by atoms with Gasteiger partial charge in [-0.3, -0.25) is 4.90 Å². The maximum atomic E-state index is 5.94. The number of piperidine rings is 1. The summed E-state index contributed by atoms with van der Waals surface area (Å²) in [5.41, 5.74) is 8.96. The number of nitrogens with zero attached hydrogens (tertiary/aromatic N) is 2. The largest absolute Gasteiger partial charge is 0.328 e. The minimum Gasteiger partial charge on any atom is -0.328 e. The van der Waals surface area contributed by atoms with Gasteiger partial charge in [-0.1, -0.05) is 24.3 Å². The van der Waals surface area contributed by atoms with Crippen molar-refractivity contribution in [3.05, 3.63) is 35.4 Å². The van der Waals surface area contributed by atoms with Crippen molar-refractivity contribution in [1.29, 1.82) is 0 Å². The molecule has 18 heavy (non-hydrogen) atoms. The quantitative estimate of drug-likeness (QED) is 0.874. The summed E-state index contributed by atoms with van der Waals surface area (Å²) in [5.74, 6) is 0. The van der Waals surface area contributed by atoms with Crippen molar-refractivity contribution in [2.24, 2.45) is 5.73 Å². The maximum absolute atomic E-state index is 5.94. The molecule has 2 aliphatic heterocycles. The molecule has 2 aliphatic rings. The molecule has 0 spiro atoms. The number of hydrogen-bond donors (Lipinski definition) is 1. The molecule has 0 unspecified atom stereocenters. The van der Waals surface area contributed by atoms with Crippen LogP contribution in [-0.2, 0) is 13.1 Å². The monoisotopic (exact) mass is 245 g/mol. The highest BCUT2D eigenvalue weighted by atomic mass is 15.2. The Morgan fingerprint density at radius 2 is 1.50 bits per heavy atom. The van der Waals surface area contributed by atoms with E-state index in [9.17, 15) is 0 Å². The number of fused-ring (bicyclic) bond motifs is 1. The second-order valence-corrected chi connectivity index (χ2v) is 5.66. The molecule has 0 saturated carbocycles. The van der Waals surface area contributed by atoms with E-state index >= 15 is 0 Å². The molecule has 1 aromatic rings. The molecule has 0 atom stereocenters. The first-order valence-electron chi connectivity index (χ1n) is 7.08. The topological polar surface area (TPSA) is 32.5 Å². The molecule has 98 valence electrons. The lowest BCUT2D eigenvalue weighted by Gasteiger charge is -2.31. The predicted octanol–water partition coefficient (Wildman–Crippen LogP) is 1.43. The minimum atomic E-state index is 0.442. The summed E-state index contributed by atoms with van der Waals surface area (Å²) in [4.78, 5) is 5.12. The van der Waals surface area contributed by atoms with E-state index in [0.717, 1.165) is 13.1 Å². The highest BCUT2D eigenvalue weighted by molar-refractivity contribution is 5.30. The molecule has 2 N–H and O–H groups in total. The van der Waals surface area contributed by atoms with Gasteiger partial charge >= 0.3 is 0 Å². The standard InChI is InChI=1S/C15H23N3/c16-15-5-7-17(8-6-15)9-10-18-11-13-3-1-2-4-14(13)12-18/h1-4,15H,5-12,16H2. The Bertz CT molecular complexity index is 371. The summed E-state index contributed by atoms with van der Waals surface area (Å²) in [6.45, 7) is 7.00. The van der Waals surface area contributed by atoms with Gasteiger partial charge in [0.05, 0.1) is 0 Å². The minimum absolute atomic E-state index is 0.442. The highest BCUT2D eigenvalue weighted by Gasteiger charge is 2.20. The Hall–Kier alpha value is -0.900. The van der Waals surface area contributed by atoms with E-state index in [1.54, 1.807) is 0 Å². The van der Waals surface area contributed by atoms with E-state index in [4.69, 9.17) is 5.73 Å². The van der Waals surface area contributed by atoms with E-state index in [2.05, 4.69) is 34.1 Å². The Morgan fingerprint density at radius 1 is 0.944 bits per heavy atom. The van der Waals surface area contributed by atoms with Crippen LogP contribution in [0.5, 0.6) is 0 Å². The van der Waals surface area contributed by atoms with Gasteiger partial charge < -0.3 is 10.6 Å². The third-order valence-electron chi connectivity index (χ3n) is 4.27. The van der Waals surface area contributed by atoms with E-state index in [-0.39, 0.29) is 0 Å². The van der Waals surface area contributed by atoms with Gasteiger partial charge in [0.2, 0.25) is 0 Å². The fraction of sp³-hybridized carbons (Fsp3) is 0.600. The maximum Gasteiger partial charge on any atom is 0.0241 e. The number of benzene rings is 1. The van der Waals surface area contributed by atoms with Crippen molar-refractivity contribution >= 4 is 0 Å². The number of nitrogens with two attached hydrogens (primary N) is 1. The first-order valence-corrected chi connectivity index (χ1v) is 7.08. The Labute approximate surface area is 110 Å². The average Bonchev–Trinajstić information content (AvgIpc) is 2.81. The molecule has 0 aliphatic carbocycles. The smallest absolute Gasteiger partial charge is 0.0241 e. The van der Waals surface area contributed by atoms with Crippen molar-refractivity contribution in [3.63, 3.8) is 0 Å². The predicted molar refractivity (Wildman–Crippen MR) is 74.2 cm³/mol. The van der Waals surface area contributed by atoms with E-state index in [1.807, 2.05) is 0 Å². The fourth-order valence-electron chi connectivity index (χ4n) is 3.02. The Morgan fingerprint density at radius 3 is 2.11 bits per heavy atom. The van der Waals surface area contributed by atoms with Crippen LogP contribution in [0.15, 0.2) is 24.3 Å². The summed E-state index contributed by atoms with van der Waals surface area (Å²) >= 11 is 0. The van der Waals surface area contributed by atoms with Crippen LogP contribution in [0.3, 0.4) is 0 Å². The normalized spacial score (nSPS) is 22.3. The average molecular weight is 245 g/mol. The molecular formula is C15H23N3. The molecule has 3 heteroatoms. The first-order chi connectivity index (χ1) is 8.81. The Kier molecular flexibility index (Phi) is 3.64. The van der Waals surface area contributed by atoms with E-state index < -0.39 is 0 Å². The zero-order valence-electron chi connectivity index (χ0n) is 11.0. The van der Waals surface area contributed by atoms with Crippen molar-refractivity contribution in [2.75, 3.05) is 26.2 Å². The van der Waals surface area contributed by atoms with Crippen LogP contribution < -0.4 is 5.73 Å². The van der Waals surface area contributed by atoms with Gasteiger partial charge in [-0.15, -0.1) is 0 Å². The third kappa shape index (κ3) is 2.74. The molecule has 0 bridgehead atoms. The van der Waals surface area contributed by atoms with Gasteiger partial charge in [-0.05, 0) is 37.1 Å². The van der Waals surface area contributed by atoms with Gasteiger partial charge in [0.15, 0.2) is 0 Å². The van der Waals surface area contributed by atoms with Crippen LogP contribution >= 0.6 is 0 Å². The van der Waals surface area contributed by atoms with Gasteiger partial charge in [-0.25, -0.2) is 0 Å². The van der Waals surface area contributed by atoms with Crippen LogP contribution in [-0.4, -0.2) is 42.0 Å². The lowest BCUT2D eigenvalue weighted by molar-refractivity contribution is 0.173. The Balaban J connectivity index is 1.46. The molecule has 1 saturated heterocycles.